The molecule has 106 valence electrons. The zero-order valence-corrected chi connectivity index (χ0v) is 13.0. The van der Waals surface area contributed by atoms with Crippen molar-refractivity contribution in [1.29, 1.82) is 0 Å². The van der Waals surface area contributed by atoms with Crippen LogP contribution in [0.5, 0.6) is 0 Å². The van der Waals surface area contributed by atoms with Gasteiger partial charge in [-0.3, -0.25) is 0 Å². The number of hydrogen-bond donors (Lipinski definition) is 1. The molecular weight excluding hydrogens is 256 g/mol. The number of rotatable bonds is 4. The maximum Gasteiger partial charge on any atom is 0.0426 e. The lowest BCUT2D eigenvalue weighted by Gasteiger charge is -2.36. The molecule has 0 radical (unpaired) electrons. The minimum Gasteiger partial charge on any atom is -0.371 e. The molecule has 1 saturated heterocycles. The highest BCUT2D eigenvalue weighted by Gasteiger charge is 2.21. The van der Waals surface area contributed by atoms with E-state index < -0.39 is 0 Å². The highest BCUT2D eigenvalue weighted by atomic mass is 35.5. The van der Waals surface area contributed by atoms with Gasteiger partial charge in [0.2, 0.25) is 0 Å². The van der Waals surface area contributed by atoms with Gasteiger partial charge in [-0.15, -0.1) is 0 Å². The normalized spacial score (nSPS) is 18.9. The van der Waals surface area contributed by atoms with E-state index in [1.807, 2.05) is 12.1 Å². The van der Waals surface area contributed by atoms with Crippen molar-refractivity contribution >= 4 is 17.3 Å². The molecule has 1 aromatic carbocycles. The smallest absolute Gasteiger partial charge is 0.0426 e. The van der Waals surface area contributed by atoms with Gasteiger partial charge in [0.05, 0.1) is 0 Å². The van der Waals surface area contributed by atoms with Crippen LogP contribution in [-0.2, 0) is 0 Å². The first-order valence-corrected chi connectivity index (χ1v) is 7.70. The van der Waals surface area contributed by atoms with Crippen LogP contribution >= 0.6 is 11.6 Å². The molecule has 1 aliphatic rings. The number of hydrogen-bond acceptors (Lipinski definition) is 2. The van der Waals surface area contributed by atoms with Gasteiger partial charge in [-0.2, -0.15) is 0 Å². The molecule has 0 aromatic heterocycles. The lowest BCUT2D eigenvalue weighted by atomic mass is 10.00. The summed E-state index contributed by atoms with van der Waals surface area (Å²) in [4.78, 5) is 2.43. The van der Waals surface area contributed by atoms with Gasteiger partial charge in [-0.25, -0.2) is 0 Å². The number of benzene rings is 1. The second-order valence-corrected chi connectivity index (χ2v) is 6.38. The van der Waals surface area contributed by atoms with Gasteiger partial charge < -0.3 is 10.2 Å². The minimum atomic E-state index is 0.600. The van der Waals surface area contributed by atoms with E-state index in [1.165, 1.54) is 18.5 Å². The Hall–Kier alpha value is -0.730. The predicted octanol–water partition coefficient (Wildman–Crippen LogP) is 3.94. The molecule has 0 unspecified atom stereocenters. The lowest BCUT2D eigenvalue weighted by molar-refractivity contribution is 0.331. The molecule has 1 N–H and O–H groups in total. The molecule has 0 spiro atoms. The summed E-state index contributed by atoms with van der Waals surface area (Å²) in [6, 6.07) is 9.44. The van der Waals surface area contributed by atoms with Gasteiger partial charge in [0, 0.05) is 35.9 Å². The lowest BCUT2D eigenvalue weighted by Crippen LogP contribution is -2.46. The van der Waals surface area contributed by atoms with Crippen LogP contribution in [0.3, 0.4) is 0 Å². The molecule has 19 heavy (non-hydrogen) atoms. The van der Waals surface area contributed by atoms with Gasteiger partial charge in [-0.1, -0.05) is 31.5 Å². The minimum absolute atomic E-state index is 0.600. The fraction of sp³-hybridized carbons (Fsp3) is 0.625. The van der Waals surface area contributed by atoms with Crippen LogP contribution < -0.4 is 10.2 Å². The molecule has 3 heteroatoms. The van der Waals surface area contributed by atoms with Crippen molar-refractivity contribution in [1.82, 2.24) is 5.32 Å². The third-order valence-corrected chi connectivity index (χ3v) is 4.40. The summed E-state index contributed by atoms with van der Waals surface area (Å²) in [5, 5.41) is 4.57. The molecule has 2 nitrogen and oxygen atoms in total. The van der Waals surface area contributed by atoms with E-state index >= 15 is 0 Å². The first-order chi connectivity index (χ1) is 9.06. The molecular formula is C16H25ClN2. The SMILES string of the molecule is CC(C)[C@H](C)NC1CCN(c2cccc(Cl)c2)CC1. The van der Waals surface area contributed by atoms with Gasteiger partial charge in [-0.05, 0) is 43.9 Å². The Morgan fingerprint density at radius 2 is 1.89 bits per heavy atom. The second-order valence-electron chi connectivity index (χ2n) is 5.94. The number of halogens is 1. The fourth-order valence-electron chi connectivity index (χ4n) is 2.54. The maximum atomic E-state index is 6.06. The standard InChI is InChI=1S/C16H25ClN2/c1-12(2)13(3)18-15-7-9-19(10-8-15)16-6-4-5-14(17)11-16/h4-6,11-13,15,18H,7-10H2,1-3H3/t13-/m0/s1. The molecule has 1 atom stereocenters. The Morgan fingerprint density at radius 3 is 2.47 bits per heavy atom. The molecule has 2 rings (SSSR count). The number of nitrogens with one attached hydrogen (secondary N) is 1. The Balaban J connectivity index is 1.85. The quantitative estimate of drug-likeness (QED) is 0.899. The van der Waals surface area contributed by atoms with Crippen molar-refractivity contribution < 1.29 is 0 Å². The Bertz CT molecular complexity index is 397. The van der Waals surface area contributed by atoms with Crippen molar-refractivity contribution in [3.63, 3.8) is 0 Å². The van der Waals surface area contributed by atoms with Crippen LogP contribution in [-0.4, -0.2) is 25.2 Å². The van der Waals surface area contributed by atoms with Crippen LogP contribution in [0.1, 0.15) is 33.6 Å². The number of nitrogens with zero attached hydrogens (tertiary/aromatic N) is 1. The van der Waals surface area contributed by atoms with E-state index in [2.05, 4.69) is 43.1 Å². The number of piperidine rings is 1. The zero-order chi connectivity index (χ0) is 13.8. The van der Waals surface area contributed by atoms with E-state index in [4.69, 9.17) is 11.6 Å². The summed E-state index contributed by atoms with van der Waals surface area (Å²) in [6.07, 6.45) is 2.42. The van der Waals surface area contributed by atoms with Crippen LogP contribution in [0.4, 0.5) is 5.69 Å². The van der Waals surface area contributed by atoms with Gasteiger partial charge in [0.1, 0.15) is 0 Å². The monoisotopic (exact) mass is 280 g/mol. The first kappa shape index (κ1) is 14.7. The topological polar surface area (TPSA) is 15.3 Å². The van der Waals surface area contributed by atoms with Crippen molar-refractivity contribution in [2.45, 2.75) is 45.7 Å². The summed E-state index contributed by atoms with van der Waals surface area (Å²) < 4.78 is 0. The van der Waals surface area contributed by atoms with E-state index in [0.717, 1.165) is 18.1 Å². The summed E-state index contributed by atoms with van der Waals surface area (Å²) in [7, 11) is 0. The van der Waals surface area contributed by atoms with Gasteiger partial charge in [0.25, 0.3) is 0 Å². The van der Waals surface area contributed by atoms with Crippen LogP contribution in [0, 0.1) is 5.92 Å². The summed E-state index contributed by atoms with van der Waals surface area (Å²) in [5.74, 6) is 0.700. The van der Waals surface area contributed by atoms with Crippen molar-refractivity contribution in [3.8, 4) is 0 Å². The highest BCUT2D eigenvalue weighted by Crippen LogP contribution is 2.23. The van der Waals surface area contributed by atoms with E-state index in [0.29, 0.717) is 18.0 Å². The average Bonchev–Trinajstić information content (AvgIpc) is 2.39. The molecule has 1 heterocycles. The largest absolute Gasteiger partial charge is 0.371 e. The Morgan fingerprint density at radius 1 is 1.21 bits per heavy atom. The number of anilines is 1. The Labute approximate surface area is 122 Å². The summed E-state index contributed by atoms with van der Waals surface area (Å²) >= 11 is 6.06. The average molecular weight is 281 g/mol. The van der Waals surface area contributed by atoms with Crippen molar-refractivity contribution in [2.75, 3.05) is 18.0 Å². The van der Waals surface area contributed by atoms with E-state index in [1.54, 1.807) is 0 Å². The van der Waals surface area contributed by atoms with E-state index in [9.17, 15) is 0 Å². The first-order valence-electron chi connectivity index (χ1n) is 7.33. The molecule has 1 fully saturated rings. The van der Waals surface area contributed by atoms with Gasteiger partial charge >= 0.3 is 0 Å². The summed E-state index contributed by atoms with van der Waals surface area (Å²) in [5.41, 5.74) is 1.25. The third-order valence-electron chi connectivity index (χ3n) is 4.17. The molecule has 1 aromatic rings. The molecule has 0 saturated carbocycles. The second kappa shape index (κ2) is 6.62. The fourth-order valence-corrected chi connectivity index (χ4v) is 2.73. The van der Waals surface area contributed by atoms with Crippen molar-refractivity contribution in [2.24, 2.45) is 5.92 Å². The van der Waals surface area contributed by atoms with Crippen LogP contribution in [0.2, 0.25) is 5.02 Å². The van der Waals surface area contributed by atoms with Crippen LogP contribution in [0.15, 0.2) is 24.3 Å². The predicted molar refractivity (Wildman–Crippen MR) is 84.1 cm³/mol. The Kier molecular flexibility index (Phi) is 5.12. The molecule has 0 aliphatic carbocycles. The van der Waals surface area contributed by atoms with Crippen molar-refractivity contribution in [3.05, 3.63) is 29.3 Å². The molecule has 0 bridgehead atoms. The van der Waals surface area contributed by atoms with Crippen LogP contribution in [0.25, 0.3) is 0 Å². The summed E-state index contributed by atoms with van der Waals surface area (Å²) in [6.45, 7) is 9.07. The molecule has 1 aliphatic heterocycles. The van der Waals surface area contributed by atoms with E-state index in [-0.39, 0.29) is 0 Å². The maximum absolute atomic E-state index is 6.06. The highest BCUT2D eigenvalue weighted by molar-refractivity contribution is 6.30. The molecule has 0 amide bonds. The third kappa shape index (κ3) is 4.12. The zero-order valence-electron chi connectivity index (χ0n) is 12.2. The van der Waals surface area contributed by atoms with Gasteiger partial charge in [0.15, 0.2) is 0 Å².